The summed E-state index contributed by atoms with van der Waals surface area (Å²) in [5.41, 5.74) is 3.95. The first-order chi connectivity index (χ1) is 13.5. The van der Waals surface area contributed by atoms with Gasteiger partial charge in [-0.2, -0.15) is 0 Å². The summed E-state index contributed by atoms with van der Waals surface area (Å²) in [6.07, 6.45) is 4.34. The van der Waals surface area contributed by atoms with Gasteiger partial charge in [0, 0.05) is 50.2 Å². The molecular weight excluding hydrogens is 350 g/mol. The minimum atomic E-state index is 0.0942. The first kappa shape index (κ1) is 20.7. The molecular formula is C23H35N3O2. The molecule has 0 radical (unpaired) electrons. The lowest BCUT2D eigenvalue weighted by Gasteiger charge is -2.39. The smallest absolute Gasteiger partial charge is 0.225 e. The van der Waals surface area contributed by atoms with Crippen LogP contribution in [-0.4, -0.2) is 49.4 Å². The number of anilines is 1. The molecule has 5 nitrogen and oxygen atoms in total. The summed E-state index contributed by atoms with van der Waals surface area (Å²) in [7, 11) is 0. The van der Waals surface area contributed by atoms with Gasteiger partial charge in [0.05, 0.1) is 0 Å². The number of amides is 2. The Bertz CT molecular complexity index is 687. The predicted octanol–water partition coefficient (Wildman–Crippen LogP) is 3.28. The molecule has 0 aromatic heterocycles. The third kappa shape index (κ3) is 4.68. The zero-order valence-corrected chi connectivity index (χ0v) is 17.7. The molecule has 0 unspecified atom stereocenters. The van der Waals surface area contributed by atoms with E-state index in [0.29, 0.717) is 5.91 Å². The third-order valence-corrected chi connectivity index (χ3v) is 6.50. The van der Waals surface area contributed by atoms with Gasteiger partial charge in [0.2, 0.25) is 11.8 Å². The number of rotatable bonds is 5. The van der Waals surface area contributed by atoms with Gasteiger partial charge in [-0.1, -0.05) is 19.1 Å². The van der Waals surface area contributed by atoms with Crippen molar-refractivity contribution in [2.45, 2.75) is 52.9 Å². The molecule has 1 saturated heterocycles. The fourth-order valence-corrected chi connectivity index (χ4v) is 4.50. The molecule has 2 aliphatic rings. The number of benzene rings is 1. The molecule has 1 heterocycles. The third-order valence-electron chi connectivity index (χ3n) is 6.50. The molecule has 154 valence electrons. The van der Waals surface area contributed by atoms with Crippen LogP contribution < -0.4 is 10.2 Å². The van der Waals surface area contributed by atoms with Gasteiger partial charge in [-0.15, -0.1) is 0 Å². The van der Waals surface area contributed by atoms with Crippen molar-refractivity contribution >= 4 is 17.5 Å². The Kier molecular flexibility index (Phi) is 6.97. The van der Waals surface area contributed by atoms with Crippen LogP contribution in [0, 0.1) is 25.7 Å². The highest BCUT2D eigenvalue weighted by Gasteiger charge is 2.33. The highest BCUT2D eigenvalue weighted by molar-refractivity contribution is 5.81. The molecule has 5 heteroatoms. The van der Waals surface area contributed by atoms with E-state index in [2.05, 4.69) is 49.2 Å². The number of nitrogens with one attached hydrogen (secondary N) is 1. The molecule has 28 heavy (non-hydrogen) atoms. The number of hydrogen-bond acceptors (Lipinski definition) is 3. The quantitative estimate of drug-likeness (QED) is 0.846. The van der Waals surface area contributed by atoms with Gasteiger partial charge < -0.3 is 15.1 Å². The molecule has 1 N–H and O–H groups in total. The summed E-state index contributed by atoms with van der Waals surface area (Å²) in [6, 6.07) is 6.45. The van der Waals surface area contributed by atoms with Crippen LogP contribution in [0.25, 0.3) is 0 Å². The first-order valence-electron chi connectivity index (χ1n) is 10.9. The highest BCUT2D eigenvalue weighted by Crippen LogP contribution is 2.31. The van der Waals surface area contributed by atoms with Crippen LogP contribution >= 0.6 is 0 Å². The number of aryl methyl sites for hydroxylation is 1. The lowest BCUT2D eigenvalue weighted by atomic mass is 9.81. The predicted molar refractivity (Wildman–Crippen MR) is 113 cm³/mol. The van der Waals surface area contributed by atoms with Crippen molar-refractivity contribution in [2.75, 3.05) is 37.6 Å². The van der Waals surface area contributed by atoms with Crippen LogP contribution in [0.2, 0.25) is 0 Å². The van der Waals surface area contributed by atoms with E-state index >= 15 is 0 Å². The fraction of sp³-hybridized carbons (Fsp3) is 0.652. The van der Waals surface area contributed by atoms with Crippen molar-refractivity contribution in [3.8, 4) is 0 Å². The maximum atomic E-state index is 13.0. The van der Waals surface area contributed by atoms with E-state index in [1.807, 2.05) is 4.90 Å². The van der Waals surface area contributed by atoms with Crippen molar-refractivity contribution in [1.29, 1.82) is 0 Å². The van der Waals surface area contributed by atoms with Crippen LogP contribution in [-0.2, 0) is 9.59 Å². The second kappa shape index (κ2) is 9.44. The van der Waals surface area contributed by atoms with Crippen molar-refractivity contribution < 1.29 is 9.59 Å². The second-order valence-electron chi connectivity index (χ2n) is 8.37. The lowest BCUT2D eigenvalue weighted by Crippen LogP contribution is -2.51. The van der Waals surface area contributed by atoms with E-state index in [-0.39, 0.29) is 17.7 Å². The van der Waals surface area contributed by atoms with Gasteiger partial charge in [0.1, 0.15) is 0 Å². The summed E-state index contributed by atoms with van der Waals surface area (Å²) in [5.74, 6) is 0.669. The topological polar surface area (TPSA) is 52.7 Å². The average molecular weight is 386 g/mol. The molecule has 1 aromatic carbocycles. The van der Waals surface area contributed by atoms with Crippen molar-refractivity contribution in [2.24, 2.45) is 11.8 Å². The Hall–Kier alpha value is -2.04. The van der Waals surface area contributed by atoms with E-state index in [0.717, 1.165) is 64.8 Å². The summed E-state index contributed by atoms with van der Waals surface area (Å²) < 4.78 is 0. The maximum absolute atomic E-state index is 13.0. The molecule has 1 aromatic rings. The molecule has 0 bridgehead atoms. The normalized spacial score (nSPS) is 22.8. The van der Waals surface area contributed by atoms with E-state index in [9.17, 15) is 9.59 Å². The molecule has 1 aliphatic heterocycles. The number of hydrogen-bond donors (Lipinski definition) is 1. The molecule has 2 fully saturated rings. The Morgan fingerprint density at radius 1 is 1.00 bits per heavy atom. The van der Waals surface area contributed by atoms with Crippen molar-refractivity contribution in [3.05, 3.63) is 29.3 Å². The summed E-state index contributed by atoms with van der Waals surface area (Å²) >= 11 is 0. The van der Waals surface area contributed by atoms with Crippen LogP contribution in [0.4, 0.5) is 5.69 Å². The highest BCUT2D eigenvalue weighted by atomic mass is 16.2. The second-order valence-corrected chi connectivity index (χ2v) is 8.37. The van der Waals surface area contributed by atoms with E-state index in [1.165, 1.54) is 16.8 Å². The minimum Gasteiger partial charge on any atom is -0.368 e. The van der Waals surface area contributed by atoms with E-state index < -0.39 is 0 Å². The van der Waals surface area contributed by atoms with Crippen LogP contribution in [0.15, 0.2) is 18.2 Å². The number of carbonyl (C=O) groups is 2. The summed E-state index contributed by atoms with van der Waals surface area (Å²) in [5, 5.41) is 3.00. The Labute approximate surface area is 169 Å². The van der Waals surface area contributed by atoms with E-state index in [1.54, 1.807) is 0 Å². The standard InChI is InChI=1S/C23H35N3O2/c1-4-12-24-22(27)19-8-10-20(11-9-19)23(28)26-15-13-25(14-16-26)21-7-5-6-17(2)18(21)3/h5-7,19-20H,4,8-16H2,1-3H3,(H,24,27). The molecule has 0 spiro atoms. The Morgan fingerprint density at radius 2 is 1.64 bits per heavy atom. The van der Waals surface area contributed by atoms with Gasteiger partial charge in [-0.05, 0) is 63.1 Å². The summed E-state index contributed by atoms with van der Waals surface area (Å²) in [4.78, 5) is 29.6. The van der Waals surface area contributed by atoms with Gasteiger partial charge in [-0.25, -0.2) is 0 Å². The summed E-state index contributed by atoms with van der Waals surface area (Å²) in [6.45, 7) is 10.5. The fourth-order valence-electron chi connectivity index (χ4n) is 4.50. The zero-order chi connectivity index (χ0) is 20.1. The Balaban J connectivity index is 1.48. The number of carbonyl (C=O) groups excluding carboxylic acids is 2. The molecule has 0 atom stereocenters. The zero-order valence-electron chi connectivity index (χ0n) is 17.7. The molecule has 1 aliphatic carbocycles. The lowest BCUT2D eigenvalue weighted by molar-refractivity contribution is -0.138. The van der Waals surface area contributed by atoms with Crippen molar-refractivity contribution in [3.63, 3.8) is 0 Å². The average Bonchev–Trinajstić information content (AvgIpc) is 2.73. The van der Waals surface area contributed by atoms with Gasteiger partial charge in [0.25, 0.3) is 0 Å². The molecule has 2 amide bonds. The molecule has 1 saturated carbocycles. The van der Waals surface area contributed by atoms with Gasteiger partial charge in [0.15, 0.2) is 0 Å². The first-order valence-corrected chi connectivity index (χ1v) is 10.9. The van der Waals surface area contributed by atoms with Crippen LogP contribution in [0.5, 0.6) is 0 Å². The van der Waals surface area contributed by atoms with Gasteiger partial charge in [-0.3, -0.25) is 9.59 Å². The SMILES string of the molecule is CCCNC(=O)C1CCC(C(=O)N2CCN(c3cccc(C)c3C)CC2)CC1. The number of piperazine rings is 1. The maximum Gasteiger partial charge on any atom is 0.225 e. The largest absolute Gasteiger partial charge is 0.368 e. The van der Waals surface area contributed by atoms with Crippen LogP contribution in [0.1, 0.15) is 50.2 Å². The number of nitrogens with zero attached hydrogens (tertiary/aromatic N) is 2. The van der Waals surface area contributed by atoms with Crippen LogP contribution in [0.3, 0.4) is 0 Å². The monoisotopic (exact) mass is 385 g/mol. The molecule has 3 rings (SSSR count). The van der Waals surface area contributed by atoms with E-state index in [4.69, 9.17) is 0 Å². The van der Waals surface area contributed by atoms with Gasteiger partial charge >= 0.3 is 0 Å². The Morgan fingerprint density at radius 3 is 2.29 bits per heavy atom. The minimum absolute atomic E-state index is 0.0942. The van der Waals surface area contributed by atoms with Crippen molar-refractivity contribution in [1.82, 2.24) is 10.2 Å².